The molecule has 0 radical (unpaired) electrons. The van der Waals surface area contributed by atoms with Gasteiger partial charge >= 0.3 is 6.18 Å². The zero-order valence-corrected chi connectivity index (χ0v) is 15.9. The number of carbonyl (C=O) groups excluding carboxylic acids is 2. The van der Waals surface area contributed by atoms with Crippen molar-refractivity contribution in [1.82, 2.24) is 5.32 Å². The van der Waals surface area contributed by atoms with Gasteiger partial charge in [0.1, 0.15) is 0 Å². The van der Waals surface area contributed by atoms with Gasteiger partial charge < -0.3 is 10.6 Å². The molecule has 154 valence electrons. The predicted molar refractivity (Wildman–Crippen MR) is 104 cm³/mol. The number of anilines is 1. The minimum atomic E-state index is -4.43. The summed E-state index contributed by atoms with van der Waals surface area (Å²) in [5.41, 5.74) is 0.273. The number of para-hydroxylation sites is 1. The van der Waals surface area contributed by atoms with Crippen LogP contribution in [0.15, 0.2) is 48.5 Å². The average Bonchev–Trinajstić information content (AvgIpc) is 2.72. The van der Waals surface area contributed by atoms with Crippen molar-refractivity contribution in [3.05, 3.63) is 65.2 Å². The minimum Gasteiger partial charge on any atom is -0.348 e. The quantitative estimate of drug-likeness (QED) is 0.724. The molecule has 0 spiro atoms. The maximum atomic E-state index is 12.8. The molecule has 4 nitrogen and oxygen atoms in total. The van der Waals surface area contributed by atoms with Crippen molar-refractivity contribution >= 4 is 17.5 Å². The van der Waals surface area contributed by atoms with Gasteiger partial charge in [0, 0.05) is 12.5 Å². The Hall–Kier alpha value is -2.83. The maximum absolute atomic E-state index is 12.8. The molecule has 0 bridgehead atoms. The highest BCUT2D eigenvalue weighted by atomic mass is 19.4. The van der Waals surface area contributed by atoms with Crippen LogP contribution in [0.25, 0.3) is 0 Å². The van der Waals surface area contributed by atoms with E-state index in [1.807, 2.05) is 0 Å². The summed E-state index contributed by atoms with van der Waals surface area (Å²) in [5, 5.41) is 5.47. The van der Waals surface area contributed by atoms with Gasteiger partial charge in [0.05, 0.1) is 16.8 Å². The summed E-state index contributed by atoms with van der Waals surface area (Å²) in [6.45, 7) is -0.0480. The van der Waals surface area contributed by atoms with E-state index >= 15 is 0 Å². The number of benzene rings is 2. The molecule has 1 aliphatic rings. The van der Waals surface area contributed by atoms with Crippen molar-refractivity contribution < 1.29 is 22.8 Å². The van der Waals surface area contributed by atoms with Crippen LogP contribution >= 0.6 is 0 Å². The smallest absolute Gasteiger partial charge is 0.348 e. The van der Waals surface area contributed by atoms with E-state index in [0.29, 0.717) is 11.3 Å². The Bertz CT molecular complexity index is 874. The van der Waals surface area contributed by atoms with Crippen LogP contribution in [0.3, 0.4) is 0 Å². The molecule has 2 N–H and O–H groups in total. The Balaban J connectivity index is 1.66. The molecule has 2 aromatic carbocycles. The summed E-state index contributed by atoms with van der Waals surface area (Å²) in [6.07, 6.45) is 0.439. The van der Waals surface area contributed by atoms with E-state index in [0.717, 1.165) is 44.2 Å². The Morgan fingerprint density at radius 2 is 1.69 bits per heavy atom. The van der Waals surface area contributed by atoms with Gasteiger partial charge in [-0.2, -0.15) is 13.2 Å². The van der Waals surface area contributed by atoms with Gasteiger partial charge in [0.25, 0.3) is 5.91 Å². The molecule has 1 aliphatic carbocycles. The van der Waals surface area contributed by atoms with Crippen LogP contribution in [-0.2, 0) is 17.5 Å². The Morgan fingerprint density at radius 1 is 0.966 bits per heavy atom. The Morgan fingerprint density at radius 3 is 2.41 bits per heavy atom. The molecule has 0 aliphatic heterocycles. The highest BCUT2D eigenvalue weighted by Gasteiger charge is 2.30. The van der Waals surface area contributed by atoms with Crippen molar-refractivity contribution in [2.75, 3.05) is 5.32 Å². The molecule has 0 unspecified atom stereocenters. The lowest BCUT2D eigenvalue weighted by Gasteiger charge is -2.21. The first kappa shape index (κ1) is 20.9. The molecule has 7 heteroatoms. The second-order valence-corrected chi connectivity index (χ2v) is 7.25. The lowest BCUT2D eigenvalue weighted by Crippen LogP contribution is -2.28. The van der Waals surface area contributed by atoms with Crippen LogP contribution in [0, 0.1) is 5.92 Å². The van der Waals surface area contributed by atoms with E-state index in [4.69, 9.17) is 0 Å². The van der Waals surface area contributed by atoms with Gasteiger partial charge in [-0.25, -0.2) is 0 Å². The first-order valence-corrected chi connectivity index (χ1v) is 9.69. The fourth-order valence-electron chi connectivity index (χ4n) is 3.52. The molecule has 0 heterocycles. The van der Waals surface area contributed by atoms with Gasteiger partial charge in [-0.15, -0.1) is 0 Å². The monoisotopic (exact) mass is 404 g/mol. The van der Waals surface area contributed by atoms with Crippen molar-refractivity contribution in [1.29, 1.82) is 0 Å². The molecular formula is C22H23F3N2O2. The van der Waals surface area contributed by atoms with E-state index in [-0.39, 0.29) is 23.9 Å². The standard InChI is InChI=1S/C22H23F3N2O2/c23-22(24,25)17-10-6-7-15(13-17)14-26-21(29)18-11-4-5-12-19(18)27-20(28)16-8-2-1-3-9-16/h4-7,10-13,16H,1-3,8-9,14H2,(H,26,29)(H,27,28). The van der Waals surface area contributed by atoms with Crippen LogP contribution in [0.2, 0.25) is 0 Å². The predicted octanol–water partition coefficient (Wildman–Crippen LogP) is 5.15. The molecule has 3 rings (SSSR count). The number of hydrogen-bond donors (Lipinski definition) is 2. The fraction of sp³-hybridized carbons (Fsp3) is 0.364. The van der Waals surface area contributed by atoms with Crippen molar-refractivity contribution in [3.63, 3.8) is 0 Å². The normalized spacial score (nSPS) is 15.0. The summed E-state index contributed by atoms with van der Waals surface area (Å²) < 4.78 is 38.5. The lowest BCUT2D eigenvalue weighted by molar-refractivity contribution is -0.137. The topological polar surface area (TPSA) is 58.2 Å². The summed E-state index contributed by atoms with van der Waals surface area (Å²) in [6, 6.07) is 11.5. The van der Waals surface area contributed by atoms with Gasteiger partial charge in [-0.05, 0) is 42.7 Å². The van der Waals surface area contributed by atoms with E-state index in [2.05, 4.69) is 10.6 Å². The van der Waals surface area contributed by atoms with Crippen LogP contribution in [-0.4, -0.2) is 11.8 Å². The van der Waals surface area contributed by atoms with Crippen molar-refractivity contribution in [2.24, 2.45) is 5.92 Å². The largest absolute Gasteiger partial charge is 0.416 e. The summed E-state index contributed by atoms with van der Waals surface area (Å²) in [7, 11) is 0. The van der Waals surface area contributed by atoms with E-state index in [1.54, 1.807) is 24.3 Å². The van der Waals surface area contributed by atoms with Crippen LogP contribution in [0.5, 0.6) is 0 Å². The molecular weight excluding hydrogens is 381 g/mol. The number of alkyl halides is 3. The first-order valence-electron chi connectivity index (χ1n) is 9.69. The Kier molecular flexibility index (Phi) is 6.56. The molecule has 0 atom stereocenters. The zero-order valence-electron chi connectivity index (χ0n) is 15.9. The summed E-state index contributed by atoms with van der Waals surface area (Å²) in [5.74, 6) is -0.602. The zero-order chi connectivity index (χ0) is 20.9. The summed E-state index contributed by atoms with van der Waals surface area (Å²) >= 11 is 0. The number of amides is 2. The van der Waals surface area contributed by atoms with Gasteiger partial charge in [-0.3, -0.25) is 9.59 Å². The van der Waals surface area contributed by atoms with Gasteiger partial charge in [-0.1, -0.05) is 43.5 Å². The molecule has 2 amide bonds. The third kappa shape index (κ3) is 5.59. The third-order valence-corrected chi connectivity index (χ3v) is 5.11. The van der Waals surface area contributed by atoms with Crippen molar-refractivity contribution in [2.45, 2.75) is 44.8 Å². The second kappa shape index (κ2) is 9.11. The number of carbonyl (C=O) groups is 2. The number of hydrogen-bond acceptors (Lipinski definition) is 2. The van der Waals surface area contributed by atoms with Gasteiger partial charge in [0.15, 0.2) is 0 Å². The molecule has 0 aromatic heterocycles. The maximum Gasteiger partial charge on any atom is 0.416 e. The molecule has 0 saturated heterocycles. The van der Waals surface area contributed by atoms with Gasteiger partial charge in [0.2, 0.25) is 5.91 Å². The number of rotatable bonds is 5. The van der Waals surface area contributed by atoms with E-state index in [9.17, 15) is 22.8 Å². The lowest BCUT2D eigenvalue weighted by atomic mass is 9.88. The number of halogens is 3. The molecule has 1 fully saturated rings. The van der Waals surface area contributed by atoms with Crippen LogP contribution < -0.4 is 10.6 Å². The SMILES string of the molecule is O=C(NCc1cccc(C(F)(F)F)c1)c1ccccc1NC(=O)C1CCCCC1. The first-order chi connectivity index (χ1) is 13.8. The molecule has 2 aromatic rings. The minimum absolute atomic E-state index is 0.0480. The Labute approximate surface area is 167 Å². The summed E-state index contributed by atoms with van der Waals surface area (Å²) in [4.78, 5) is 25.1. The van der Waals surface area contributed by atoms with Crippen LogP contribution in [0.4, 0.5) is 18.9 Å². The molecule has 1 saturated carbocycles. The van der Waals surface area contributed by atoms with E-state index in [1.165, 1.54) is 12.1 Å². The third-order valence-electron chi connectivity index (χ3n) is 5.11. The van der Waals surface area contributed by atoms with Crippen molar-refractivity contribution in [3.8, 4) is 0 Å². The second-order valence-electron chi connectivity index (χ2n) is 7.25. The molecule has 29 heavy (non-hydrogen) atoms. The fourth-order valence-corrected chi connectivity index (χ4v) is 3.52. The average molecular weight is 404 g/mol. The highest BCUT2D eigenvalue weighted by molar-refractivity contribution is 6.04. The number of nitrogens with one attached hydrogen (secondary N) is 2. The highest BCUT2D eigenvalue weighted by Crippen LogP contribution is 2.29. The van der Waals surface area contributed by atoms with Crippen LogP contribution in [0.1, 0.15) is 53.6 Å². The van der Waals surface area contributed by atoms with E-state index < -0.39 is 17.6 Å².